The van der Waals surface area contributed by atoms with Crippen LogP contribution < -0.4 is 10.2 Å². The van der Waals surface area contributed by atoms with Gasteiger partial charge in [0.05, 0.1) is 0 Å². The van der Waals surface area contributed by atoms with E-state index in [2.05, 4.69) is 15.3 Å². The third-order valence-electron chi connectivity index (χ3n) is 3.96. The zero-order valence-electron chi connectivity index (χ0n) is 15.7. The molecule has 1 aromatic heterocycles. The molecule has 0 fully saturated rings. The number of hydrogen-bond donors (Lipinski definition) is 1. The van der Waals surface area contributed by atoms with Gasteiger partial charge in [0.25, 0.3) is 0 Å². The second-order valence-electron chi connectivity index (χ2n) is 6.42. The highest BCUT2D eigenvalue weighted by Crippen LogP contribution is 2.17. The zero-order valence-corrected chi connectivity index (χ0v) is 16.5. The molecule has 2 aromatic carbocycles. The third kappa shape index (κ3) is 5.69. The fourth-order valence-electron chi connectivity index (χ4n) is 2.53. The van der Waals surface area contributed by atoms with E-state index in [9.17, 15) is 4.79 Å². The Hall–Kier alpha value is -3.12. The Morgan fingerprint density at radius 1 is 1.04 bits per heavy atom. The van der Waals surface area contributed by atoms with Gasteiger partial charge in [-0.25, -0.2) is 14.8 Å². The predicted octanol–water partition coefficient (Wildman–Crippen LogP) is 4.54. The van der Waals surface area contributed by atoms with Crippen molar-refractivity contribution in [2.45, 2.75) is 13.0 Å². The lowest BCUT2D eigenvalue weighted by molar-refractivity contribution is 0.155. The van der Waals surface area contributed by atoms with Crippen LogP contribution >= 0.6 is 11.6 Å². The molecule has 0 unspecified atom stereocenters. The molecule has 0 bridgehead atoms. The van der Waals surface area contributed by atoms with Crippen LogP contribution in [0.25, 0.3) is 0 Å². The molecule has 3 rings (SSSR count). The van der Waals surface area contributed by atoms with E-state index in [4.69, 9.17) is 16.3 Å². The summed E-state index contributed by atoms with van der Waals surface area (Å²) in [5, 5.41) is 3.13. The number of nitrogens with one attached hydrogen (secondary N) is 1. The zero-order chi connectivity index (χ0) is 19.9. The molecule has 0 aliphatic rings. The molecule has 1 amide bonds. The Bertz CT molecular complexity index is 931. The summed E-state index contributed by atoms with van der Waals surface area (Å²) in [7, 11) is 3.81. The van der Waals surface area contributed by atoms with Gasteiger partial charge in [0.2, 0.25) is 0 Å². The number of amides is 1. The minimum absolute atomic E-state index is 0.227. The van der Waals surface area contributed by atoms with Gasteiger partial charge in [0.15, 0.2) is 0 Å². The number of benzene rings is 2. The smallest absolute Gasteiger partial charge is 0.411 e. The van der Waals surface area contributed by atoms with Gasteiger partial charge in [-0.15, -0.1) is 0 Å². The van der Waals surface area contributed by atoms with Crippen LogP contribution in [-0.4, -0.2) is 30.2 Å². The molecule has 0 radical (unpaired) electrons. The van der Waals surface area contributed by atoms with E-state index in [-0.39, 0.29) is 6.61 Å². The molecule has 0 atom stereocenters. The van der Waals surface area contributed by atoms with Crippen molar-refractivity contribution in [2.24, 2.45) is 0 Å². The molecule has 144 valence electrons. The van der Waals surface area contributed by atoms with Gasteiger partial charge >= 0.3 is 6.09 Å². The van der Waals surface area contributed by atoms with Crippen LogP contribution in [0, 0.1) is 0 Å². The third-order valence-corrected chi connectivity index (χ3v) is 4.15. The molecule has 28 heavy (non-hydrogen) atoms. The van der Waals surface area contributed by atoms with E-state index in [0.29, 0.717) is 23.1 Å². The lowest BCUT2D eigenvalue weighted by Gasteiger charge is -2.12. The summed E-state index contributed by atoms with van der Waals surface area (Å²) >= 11 is 6.08. The standard InChI is InChI=1S/C21H21ClN4O2/c1-26(2)20-13-18(22)24-19(25-20)12-15-8-10-17(11-9-15)23-21(27)28-14-16-6-4-3-5-7-16/h3-11,13H,12,14H2,1-2H3,(H,23,27). The Kier molecular flexibility index (Phi) is 6.45. The normalized spacial score (nSPS) is 10.4. The summed E-state index contributed by atoms with van der Waals surface area (Å²) in [6.07, 6.45) is 0.0468. The molecular weight excluding hydrogens is 376 g/mol. The van der Waals surface area contributed by atoms with Crippen LogP contribution in [0.2, 0.25) is 5.15 Å². The highest BCUT2D eigenvalue weighted by Gasteiger charge is 2.07. The summed E-state index contributed by atoms with van der Waals surface area (Å²) in [4.78, 5) is 22.6. The first-order chi connectivity index (χ1) is 13.5. The molecule has 0 saturated carbocycles. The van der Waals surface area contributed by atoms with Gasteiger partial charge in [-0.1, -0.05) is 54.1 Å². The maximum Gasteiger partial charge on any atom is 0.411 e. The molecule has 6 nitrogen and oxygen atoms in total. The SMILES string of the molecule is CN(C)c1cc(Cl)nc(Cc2ccc(NC(=O)OCc3ccccc3)cc2)n1. The Balaban J connectivity index is 1.57. The van der Waals surface area contributed by atoms with Crippen molar-refractivity contribution in [3.05, 3.63) is 82.8 Å². The second-order valence-corrected chi connectivity index (χ2v) is 6.81. The van der Waals surface area contributed by atoms with Crippen LogP contribution in [-0.2, 0) is 17.8 Å². The number of ether oxygens (including phenoxy) is 1. The van der Waals surface area contributed by atoms with Crippen LogP contribution in [0.1, 0.15) is 17.0 Å². The first kappa shape index (κ1) is 19.6. The van der Waals surface area contributed by atoms with Crippen molar-refractivity contribution >= 4 is 29.2 Å². The summed E-state index contributed by atoms with van der Waals surface area (Å²) < 4.78 is 5.22. The van der Waals surface area contributed by atoms with E-state index >= 15 is 0 Å². The van der Waals surface area contributed by atoms with Crippen LogP contribution in [0.5, 0.6) is 0 Å². The largest absolute Gasteiger partial charge is 0.444 e. The Morgan fingerprint density at radius 3 is 2.43 bits per heavy atom. The van der Waals surface area contributed by atoms with E-state index < -0.39 is 6.09 Å². The number of anilines is 2. The number of aromatic nitrogens is 2. The van der Waals surface area contributed by atoms with Crippen molar-refractivity contribution in [1.82, 2.24) is 9.97 Å². The van der Waals surface area contributed by atoms with Gasteiger partial charge in [0, 0.05) is 32.3 Å². The maximum atomic E-state index is 11.9. The van der Waals surface area contributed by atoms with Gasteiger partial charge < -0.3 is 9.64 Å². The number of nitrogens with zero attached hydrogens (tertiary/aromatic N) is 3. The number of carbonyl (C=O) groups excluding carboxylic acids is 1. The minimum Gasteiger partial charge on any atom is -0.444 e. The maximum absolute atomic E-state index is 11.9. The number of halogens is 1. The van der Waals surface area contributed by atoms with Crippen molar-refractivity contribution < 1.29 is 9.53 Å². The van der Waals surface area contributed by atoms with Crippen LogP contribution in [0.4, 0.5) is 16.3 Å². The number of carbonyl (C=O) groups is 1. The molecule has 1 heterocycles. The fraction of sp³-hybridized carbons (Fsp3) is 0.190. The van der Waals surface area contributed by atoms with Crippen molar-refractivity contribution in [3.8, 4) is 0 Å². The molecule has 7 heteroatoms. The molecule has 0 aliphatic carbocycles. The Morgan fingerprint density at radius 2 is 1.75 bits per heavy atom. The highest BCUT2D eigenvalue weighted by molar-refractivity contribution is 6.29. The van der Waals surface area contributed by atoms with E-state index in [1.165, 1.54) is 0 Å². The lowest BCUT2D eigenvalue weighted by atomic mass is 10.1. The van der Waals surface area contributed by atoms with E-state index in [0.717, 1.165) is 16.9 Å². The van der Waals surface area contributed by atoms with Crippen molar-refractivity contribution in [2.75, 3.05) is 24.3 Å². The summed E-state index contributed by atoms with van der Waals surface area (Å²) in [5.74, 6) is 1.40. The van der Waals surface area contributed by atoms with Gasteiger partial charge in [-0.2, -0.15) is 0 Å². The van der Waals surface area contributed by atoms with Gasteiger partial charge in [-0.3, -0.25) is 5.32 Å². The highest BCUT2D eigenvalue weighted by atomic mass is 35.5. The minimum atomic E-state index is -0.495. The lowest BCUT2D eigenvalue weighted by Crippen LogP contribution is -2.13. The summed E-state index contributed by atoms with van der Waals surface area (Å²) in [6.45, 7) is 0.227. The average Bonchev–Trinajstić information content (AvgIpc) is 2.68. The van der Waals surface area contributed by atoms with Crippen molar-refractivity contribution in [3.63, 3.8) is 0 Å². The fourth-order valence-corrected chi connectivity index (χ4v) is 2.72. The van der Waals surface area contributed by atoms with Crippen LogP contribution in [0.15, 0.2) is 60.7 Å². The molecule has 1 N–H and O–H groups in total. The van der Waals surface area contributed by atoms with Crippen molar-refractivity contribution in [1.29, 1.82) is 0 Å². The molecule has 0 spiro atoms. The molecule has 3 aromatic rings. The summed E-state index contributed by atoms with van der Waals surface area (Å²) in [5.41, 5.74) is 2.60. The monoisotopic (exact) mass is 396 g/mol. The topological polar surface area (TPSA) is 67.4 Å². The predicted molar refractivity (Wildman–Crippen MR) is 111 cm³/mol. The van der Waals surface area contributed by atoms with E-state index in [1.807, 2.05) is 73.6 Å². The van der Waals surface area contributed by atoms with E-state index in [1.54, 1.807) is 6.07 Å². The Labute approximate surface area is 169 Å². The second kappa shape index (κ2) is 9.19. The molecule has 0 saturated heterocycles. The first-order valence-corrected chi connectivity index (χ1v) is 9.15. The summed E-state index contributed by atoms with van der Waals surface area (Å²) in [6, 6.07) is 18.7. The average molecular weight is 397 g/mol. The van der Waals surface area contributed by atoms with Gasteiger partial charge in [-0.05, 0) is 23.3 Å². The number of hydrogen-bond acceptors (Lipinski definition) is 5. The quantitative estimate of drug-likeness (QED) is 0.620. The number of rotatable bonds is 6. The van der Waals surface area contributed by atoms with Gasteiger partial charge in [0.1, 0.15) is 23.4 Å². The molecular formula is C21H21ClN4O2. The van der Waals surface area contributed by atoms with Crippen LogP contribution in [0.3, 0.4) is 0 Å². The first-order valence-electron chi connectivity index (χ1n) is 8.77. The molecule has 0 aliphatic heterocycles.